The molecule has 1 saturated heterocycles. The average Bonchev–Trinajstić information content (AvgIpc) is 2.57. The molecule has 1 rings (SSSR count). The summed E-state index contributed by atoms with van der Waals surface area (Å²) in [6.07, 6.45) is -6.34. The zero-order valence-electron chi connectivity index (χ0n) is 17.0. The Kier molecular flexibility index (Phi) is 9.53. The minimum Gasteiger partial charge on any atom is -0.466 e. The maximum Gasteiger partial charge on any atom is 0.308 e. The maximum atomic E-state index is 12.0. The summed E-state index contributed by atoms with van der Waals surface area (Å²) >= 11 is 0. The van der Waals surface area contributed by atoms with E-state index in [-0.39, 0.29) is 19.6 Å². The largest absolute Gasteiger partial charge is 0.466 e. The number of carbonyl (C=O) groups is 5. The summed E-state index contributed by atoms with van der Waals surface area (Å²) < 4.78 is 31.3. The Balaban J connectivity index is 3.29. The Hall–Kier alpha value is -2.69. The van der Waals surface area contributed by atoms with Gasteiger partial charge in [-0.25, -0.2) is 0 Å². The molecular weight excluding hydrogens is 392 g/mol. The molecule has 164 valence electrons. The first-order chi connectivity index (χ1) is 13.5. The van der Waals surface area contributed by atoms with E-state index in [1.54, 1.807) is 6.92 Å². The number of rotatable bonds is 8. The number of hydrogen-bond donors (Lipinski definition) is 0. The minimum atomic E-state index is -1.30. The summed E-state index contributed by atoms with van der Waals surface area (Å²) in [5.74, 6) is -3.47. The third-order valence-electron chi connectivity index (χ3n) is 3.76. The lowest BCUT2D eigenvalue weighted by Crippen LogP contribution is -2.62. The van der Waals surface area contributed by atoms with Crippen LogP contribution in [0, 0.1) is 0 Å². The van der Waals surface area contributed by atoms with E-state index in [4.69, 9.17) is 28.4 Å². The molecule has 0 aromatic heterocycles. The van der Waals surface area contributed by atoms with Gasteiger partial charge in [0, 0.05) is 27.7 Å². The Morgan fingerprint density at radius 1 is 0.690 bits per heavy atom. The van der Waals surface area contributed by atoms with E-state index in [0.717, 1.165) is 20.8 Å². The molecule has 0 spiro atoms. The van der Waals surface area contributed by atoms with Crippen molar-refractivity contribution < 1.29 is 52.4 Å². The van der Waals surface area contributed by atoms with Crippen LogP contribution < -0.4 is 0 Å². The van der Waals surface area contributed by atoms with Gasteiger partial charge in [-0.1, -0.05) is 0 Å². The van der Waals surface area contributed by atoms with E-state index in [1.165, 1.54) is 6.92 Å². The summed E-state index contributed by atoms with van der Waals surface area (Å²) in [4.78, 5) is 58.1. The fraction of sp³-hybridized carbons (Fsp3) is 0.722. The molecular formula is C18H26O11. The molecule has 0 unspecified atom stereocenters. The van der Waals surface area contributed by atoms with Gasteiger partial charge >= 0.3 is 29.8 Å². The smallest absolute Gasteiger partial charge is 0.308 e. The Morgan fingerprint density at radius 2 is 1.17 bits per heavy atom. The number of ether oxygens (including phenoxy) is 6. The average molecular weight is 418 g/mol. The van der Waals surface area contributed by atoms with Crippen LogP contribution in [-0.4, -0.2) is 73.6 Å². The lowest BCUT2D eigenvalue weighted by molar-refractivity contribution is -0.253. The number of esters is 5. The van der Waals surface area contributed by atoms with Crippen molar-refractivity contribution in [3.05, 3.63) is 0 Å². The van der Waals surface area contributed by atoms with Crippen molar-refractivity contribution in [2.24, 2.45) is 0 Å². The molecule has 0 amide bonds. The van der Waals surface area contributed by atoms with E-state index in [9.17, 15) is 24.0 Å². The minimum absolute atomic E-state index is 0.115. The van der Waals surface area contributed by atoms with Gasteiger partial charge in [0.25, 0.3) is 0 Å². The standard InChI is InChI=1S/C18H26O11/c1-6-24-15(23)7-13-16(26-10(3)20)18(28-12(5)22)17(27-11(4)21)14(29-13)8-25-9(2)19/h13-14,16-18H,6-8H2,1-5H3/t13-,14+,16-,17-,18+/m0/s1. The third-order valence-corrected chi connectivity index (χ3v) is 3.76. The fourth-order valence-electron chi connectivity index (χ4n) is 2.87. The van der Waals surface area contributed by atoms with Gasteiger partial charge < -0.3 is 28.4 Å². The fourth-order valence-corrected chi connectivity index (χ4v) is 2.87. The molecule has 0 aromatic carbocycles. The number of hydrogen-bond acceptors (Lipinski definition) is 11. The van der Waals surface area contributed by atoms with Crippen LogP contribution in [0.25, 0.3) is 0 Å². The third kappa shape index (κ3) is 8.06. The molecule has 11 heteroatoms. The molecule has 0 radical (unpaired) electrons. The highest BCUT2D eigenvalue weighted by atomic mass is 16.7. The zero-order valence-corrected chi connectivity index (χ0v) is 17.0. The predicted octanol–water partition coefficient (Wildman–Crippen LogP) is 0.0652. The molecule has 0 aromatic rings. The van der Waals surface area contributed by atoms with Gasteiger partial charge in [0.15, 0.2) is 18.3 Å². The molecule has 1 fully saturated rings. The first-order valence-corrected chi connectivity index (χ1v) is 9.01. The quantitative estimate of drug-likeness (QED) is 0.390. The van der Waals surface area contributed by atoms with E-state index < -0.39 is 60.4 Å². The highest BCUT2D eigenvalue weighted by Gasteiger charge is 2.52. The zero-order chi connectivity index (χ0) is 22.1. The molecule has 0 N–H and O–H groups in total. The number of carbonyl (C=O) groups excluding carboxylic acids is 5. The molecule has 0 aliphatic carbocycles. The highest BCUT2D eigenvalue weighted by molar-refractivity contribution is 5.71. The van der Waals surface area contributed by atoms with Crippen molar-refractivity contribution in [2.45, 2.75) is 71.6 Å². The van der Waals surface area contributed by atoms with Crippen LogP contribution >= 0.6 is 0 Å². The summed E-state index contributed by atoms with van der Waals surface area (Å²) in [7, 11) is 0. The van der Waals surface area contributed by atoms with Crippen molar-refractivity contribution in [2.75, 3.05) is 13.2 Å². The highest BCUT2D eigenvalue weighted by Crippen LogP contribution is 2.31. The maximum absolute atomic E-state index is 12.0. The van der Waals surface area contributed by atoms with Gasteiger partial charge in [0.2, 0.25) is 0 Å². The summed E-state index contributed by atoms with van der Waals surface area (Å²) in [6, 6.07) is 0. The molecule has 0 bridgehead atoms. The Morgan fingerprint density at radius 3 is 1.62 bits per heavy atom. The first-order valence-electron chi connectivity index (χ1n) is 9.01. The van der Waals surface area contributed by atoms with Crippen LogP contribution in [0.3, 0.4) is 0 Å². The monoisotopic (exact) mass is 418 g/mol. The second-order valence-corrected chi connectivity index (χ2v) is 6.25. The summed E-state index contributed by atoms with van der Waals surface area (Å²) in [5, 5.41) is 0. The molecule has 5 atom stereocenters. The lowest BCUT2D eigenvalue weighted by Gasteiger charge is -2.44. The molecule has 11 nitrogen and oxygen atoms in total. The summed E-state index contributed by atoms with van der Waals surface area (Å²) in [5.41, 5.74) is 0. The second-order valence-electron chi connectivity index (χ2n) is 6.25. The van der Waals surface area contributed by atoms with Crippen LogP contribution in [0.5, 0.6) is 0 Å². The van der Waals surface area contributed by atoms with E-state index in [1.807, 2.05) is 0 Å². The van der Waals surface area contributed by atoms with Crippen LogP contribution in [0.4, 0.5) is 0 Å². The van der Waals surface area contributed by atoms with Gasteiger partial charge in [-0.3, -0.25) is 24.0 Å². The normalized spacial score (nSPS) is 26.0. The van der Waals surface area contributed by atoms with E-state index in [2.05, 4.69) is 0 Å². The van der Waals surface area contributed by atoms with Crippen molar-refractivity contribution in [1.82, 2.24) is 0 Å². The molecule has 0 saturated carbocycles. The SMILES string of the molecule is CCOC(=O)C[C@@H]1O[C@H](COC(C)=O)[C@H](OC(C)=O)[C@H](OC(C)=O)[C@H]1OC(C)=O. The van der Waals surface area contributed by atoms with Crippen molar-refractivity contribution >= 4 is 29.8 Å². The predicted molar refractivity (Wildman–Crippen MR) is 93.2 cm³/mol. The summed E-state index contributed by atoms with van der Waals surface area (Å²) in [6.45, 7) is 5.92. The Bertz CT molecular complexity index is 629. The van der Waals surface area contributed by atoms with Crippen molar-refractivity contribution in [1.29, 1.82) is 0 Å². The molecule has 29 heavy (non-hydrogen) atoms. The van der Waals surface area contributed by atoms with Gasteiger partial charge in [-0.05, 0) is 6.92 Å². The van der Waals surface area contributed by atoms with Gasteiger partial charge in [-0.15, -0.1) is 0 Å². The molecule has 1 heterocycles. The van der Waals surface area contributed by atoms with E-state index in [0.29, 0.717) is 0 Å². The second kappa shape index (κ2) is 11.3. The Labute approximate surface area is 167 Å². The van der Waals surface area contributed by atoms with Gasteiger partial charge in [0.1, 0.15) is 18.8 Å². The van der Waals surface area contributed by atoms with Crippen molar-refractivity contribution in [3.63, 3.8) is 0 Å². The lowest BCUT2D eigenvalue weighted by atomic mass is 9.92. The van der Waals surface area contributed by atoms with Gasteiger partial charge in [0.05, 0.1) is 13.0 Å². The van der Waals surface area contributed by atoms with Crippen LogP contribution in [-0.2, 0) is 52.4 Å². The van der Waals surface area contributed by atoms with Crippen LogP contribution in [0.15, 0.2) is 0 Å². The van der Waals surface area contributed by atoms with Crippen LogP contribution in [0.2, 0.25) is 0 Å². The molecule has 1 aliphatic heterocycles. The van der Waals surface area contributed by atoms with E-state index >= 15 is 0 Å². The van der Waals surface area contributed by atoms with Crippen LogP contribution in [0.1, 0.15) is 41.0 Å². The molecule has 1 aliphatic rings. The van der Waals surface area contributed by atoms with Crippen molar-refractivity contribution in [3.8, 4) is 0 Å². The first kappa shape index (κ1) is 24.3. The topological polar surface area (TPSA) is 141 Å². The van der Waals surface area contributed by atoms with Gasteiger partial charge in [-0.2, -0.15) is 0 Å².